The van der Waals surface area contributed by atoms with Gasteiger partial charge in [-0.05, 0) is 39.3 Å². The summed E-state index contributed by atoms with van der Waals surface area (Å²) in [5, 5.41) is 0.965. The number of carbonyl (C=O) groups excluding carboxylic acids is 1. The molecule has 2 aliphatic rings. The molecule has 0 aliphatic carbocycles. The van der Waals surface area contributed by atoms with Gasteiger partial charge in [0.05, 0.1) is 7.11 Å². The van der Waals surface area contributed by atoms with Crippen LogP contribution in [0.4, 0.5) is 5.13 Å². The van der Waals surface area contributed by atoms with Crippen molar-refractivity contribution in [3.05, 3.63) is 10.6 Å². The van der Waals surface area contributed by atoms with Gasteiger partial charge in [-0.2, -0.15) is 0 Å². The normalized spacial score (nSPS) is 23.5. The molecule has 0 radical (unpaired) electrons. The van der Waals surface area contributed by atoms with Gasteiger partial charge in [-0.25, -0.2) is 9.78 Å². The molecule has 1 aromatic heterocycles. The van der Waals surface area contributed by atoms with Gasteiger partial charge in [0.25, 0.3) is 0 Å². The number of carbonyl (C=O) groups is 1. The first-order valence-corrected chi connectivity index (χ1v) is 8.55. The average molecular weight is 309 g/mol. The van der Waals surface area contributed by atoms with Gasteiger partial charge in [-0.1, -0.05) is 6.42 Å². The van der Waals surface area contributed by atoms with E-state index in [2.05, 4.69) is 14.8 Å². The van der Waals surface area contributed by atoms with E-state index in [0.717, 1.165) is 23.1 Å². The number of anilines is 1. The van der Waals surface area contributed by atoms with E-state index in [9.17, 15) is 4.79 Å². The quantitative estimate of drug-likeness (QED) is 0.802. The first-order chi connectivity index (χ1) is 10.2. The molecule has 0 aromatic carbocycles. The van der Waals surface area contributed by atoms with Crippen LogP contribution in [0, 0.1) is 6.92 Å². The summed E-state index contributed by atoms with van der Waals surface area (Å²) in [6.45, 7) is 6.49. The van der Waals surface area contributed by atoms with Crippen LogP contribution in [-0.2, 0) is 4.74 Å². The molecule has 3 rings (SSSR count). The molecule has 0 amide bonds. The van der Waals surface area contributed by atoms with E-state index in [0.29, 0.717) is 11.7 Å². The topological polar surface area (TPSA) is 45.7 Å². The molecule has 0 bridgehead atoms. The van der Waals surface area contributed by atoms with Crippen LogP contribution in [0.3, 0.4) is 0 Å². The summed E-state index contributed by atoms with van der Waals surface area (Å²) in [4.78, 5) is 22.1. The molecule has 0 spiro atoms. The smallest absolute Gasteiger partial charge is 0.357 e. The van der Waals surface area contributed by atoms with Crippen molar-refractivity contribution < 1.29 is 9.53 Å². The maximum absolute atomic E-state index is 11.7. The van der Waals surface area contributed by atoms with Crippen LogP contribution in [0.15, 0.2) is 0 Å². The molecule has 0 saturated carbocycles. The van der Waals surface area contributed by atoms with E-state index in [4.69, 9.17) is 4.74 Å². The monoisotopic (exact) mass is 309 g/mol. The van der Waals surface area contributed by atoms with Gasteiger partial charge in [0.15, 0.2) is 10.8 Å². The van der Waals surface area contributed by atoms with Crippen molar-refractivity contribution in [2.75, 3.05) is 38.2 Å². The van der Waals surface area contributed by atoms with Crippen LogP contribution < -0.4 is 4.90 Å². The fourth-order valence-electron chi connectivity index (χ4n) is 3.30. The standard InChI is InChI=1S/C15H23N3O2S/c1-11-13(14(19)20-2)16-15(21-11)18-9-6-12(10-18)17-7-4-3-5-8-17/h12H,3-10H2,1-2H3. The van der Waals surface area contributed by atoms with E-state index < -0.39 is 0 Å². The second-order valence-corrected chi connectivity index (χ2v) is 7.06. The molecule has 0 N–H and O–H groups in total. The molecule has 1 unspecified atom stereocenters. The third kappa shape index (κ3) is 3.06. The molecular formula is C15H23N3O2S. The molecule has 2 aliphatic heterocycles. The zero-order chi connectivity index (χ0) is 14.8. The van der Waals surface area contributed by atoms with Gasteiger partial charge >= 0.3 is 5.97 Å². The predicted octanol–water partition coefficient (Wildman–Crippen LogP) is 2.30. The number of aromatic nitrogens is 1. The minimum Gasteiger partial charge on any atom is -0.464 e. The minimum absolute atomic E-state index is 0.332. The number of thiazole rings is 1. The van der Waals surface area contributed by atoms with E-state index in [1.807, 2.05) is 6.92 Å². The highest BCUT2D eigenvalue weighted by Crippen LogP contribution is 2.30. The maximum atomic E-state index is 11.7. The van der Waals surface area contributed by atoms with E-state index in [1.165, 1.54) is 45.9 Å². The number of methoxy groups -OCH3 is 1. The van der Waals surface area contributed by atoms with Gasteiger partial charge in [-0.3, -0.25) is 4.90 Å². The van der Waals surface area contributed by atoms with Gasteiger partial charge in [0, 0.05) is 24.0 Å². The van der Waals surface area contributed by atoms with Crippen LogP contribution in [0.25, 0.3) is 0 Å². The van der Waals surface area contributed by atoms with Crippen molar-refractivity contribution in [1.29, 1.82) is 0 Å². The number of esters is 1. The number of likely N-dealkylation sites (tertiary alicyclic amines) is 1. The van der Waals surface area contributed by atoms with E-state index >= 15 is 0 Å². The number of aryl methyl sites for hydroxylation is 1. The third-order valence-electron chi connectivity index (χ3n) is 4.50. The molecular weight excluding hydrogens is 286 g/mol. The Bertz CT molecular complexity index is 511. The molecule has 6 heteroatoms. The summed E-state index contributed by atoms with van der Waals surface area (Å²) < 4.78 is 4.79. The van der Waals surface area contributed by atoms with Crippen molar-refractivity contribution in [2.45, 2.75) is 38.6 Å². The largest absolute Gasteiger partial charge is 0.464 e. The van der Waals surface area contributed by atoms with Gasteiger partial charge < -0.3 is 9.64 Å². The third-order valence-corrected chi connectivity index (χ3v) is 5.54. The summed E-state index contributed by atoms with van der Waals surface area (Å²) in [6.07, 6.45) is 5.24. The zero-order valence-corrected chi connectivity index (χ0v) is 13.6. The fraction of sp³-hybridized carbons (Fsp3) is 0.733. The average Bonchev–Trinajstić information content (AvgIpc) is 3.14. The first-order valence-electron chi connectivity index (χ1n) is 7.74. The summed E-state index contributed by atoms with van der Waals surface area (Å²) in [7, 11) is 1.41. The summed E-state index contributed by atoms with van der Waals surface area (Å²) in [5.41, 5.74) is 0.471. The van der Waals surface area contributed by atoms with Gasteiger partial charge in [-0.15, -0.1) is 11.3 Å². The molecule has 116 valence electrons. The molecule has 21 heavy (non-hydrogen) atoms. The lowest BCUT2D eigenvalue weighted by Gasteiger charge is -2.32. The van der Waals surface area contributed by atoms with E-state index in [-0.39, 0.29) is 5.97 Å². The Hall–Kier alpha value is -1.14. The van der Waals surface area contributed by atoms with Gasteiger partial charge in [0.1, 0.15) is 0 Å². The number of nitrogens with zero attached hydrogens (tertiary/aromatic N) is 3. The van der Waals surface area contributed by atoms with Crippen LogP contribution in [0.1, 0.15) is 41.0 Å². The van der Waals surface area contributed by atoms with Crippen LogP contribution >= 0.6 is 11.3 Å². The summed E-state index contributed by atoms with van der Waals surface area (Å²) in [5.74, 6) is -0.332. The zero-order valence-electron chi connectivity index (χ0n) is 12.8. The Labute approximate surface area is 129 Å². The van der Waals surface area contributed by atoms with Crippen LogP contribution in [-0.4, -0.2) is 55.2 Å². The molecule has 2 fully saturated rings. The van der Waals surface area contributed by atoms with E-state index in [1.54, 1.807) is 11.3 Å². The van der Waals surface area contributed by atoms with Crippen molar-refractivity contribution in [1.82, 2.24) is 9.88 Å². The Morgan fingerprint density at radius 1 is 1.29 bits per heavy atom. The van der Waals surface area contributed by atoms with Crippen molar-refractivity contribution >= 4 is 22.4 Å². The predicted molar refractivity (Wildman–Crippen MR) is 84.2 cm³/mol. The van der Waals surface area contributed by atoms with Crippen molar-refractivity contribution in [2.24, 2.45) is 0 Å². The lowest BCUT2D eigenvalue weighted by Crippen LogP contribution is -2.40. The highest BCUT2D eigenvalue weighted by atomic mass is 32.1. The fourth-order valence-corrected chi connectivity index (χ4v) is 4.23. The number of rotatable bonds is 3. The maximum Gasteiger partial charge on any atom is 0.357 e. The van der Waals surface area contributed by atoms with Gasteiger partial charge in [0.2, 0.25) is 0 Å². The number of hydrogen-bond donors (Lipinski definition) is 0. The lowest BCUT2D eigenvalue weighted by molar-refractivity contribution is 0.0594. The SMILES string of the molecule is COC(=O)c1nc(N2CCC(N3CCCCC3)C2)sc1C. The van der Waals surface area contributed by atoms with Crippen molar-refractivity contribution in [3.8, 4) is 0 Å². The number of hydrogen-bond acceptors (Lipinski definition) is 6. The Morgan fingerprint density at radius 2 is 2.05 bits per heavy atom. The lowest BCUT2D eigenvalue weighted by atomic mass is 10.1. The van der Waals surface area contributed by atoms with Crippen molar-refractivity contribution in [3.63, 3.8) is 0 Å². The Kier molecular flexibility index (Phi) is 4.45. The van der Waals surface area contributed by atoms with Crippen LogP contribution in [0.5, 0.6) is 0 Å². The summed E-state index contributed by atoms with van der Waals surface area (Å²) >= 11 is 1.60. The highest BCUT2D eigenvalue weighted by Gasteiger charge is 2.30. The molecule has 1 aromatic rings. The number of piperidine rings is 1. The summed E-state index contributed by atoms with van der Waals surface area (Å²) in [6, 6.07) is 0.649. The second kappa shape index (κ2) is 6.32. The highest BCUT2D eigenvalue weighted by molar-refractivity contribution is 7.15. The molecule has 2 saturated heterocycles. The molecule has 1 atom stereocenters. The Balaban J connectivity index is 1.67. The first kappa shape index (κ1) is 14.8. The van der Waals surface area contributed by atoms with Crippen LogP contribution in [0.2, 0.25) is 0 Å². The Morgan fingerprint density at radius 3 is 2.76 bits per heavy atom. The number of ether oxygens (including phenoxy) is 1. The molecule has 3 heterocycles. The molecule has 5 nitrogen and oxygen atoms in total. The minimum atomic E-state index is -0.332. The second-order valence-electron chi connectivity index (χ2n) is 5.88.